The number of carbonyl (C=O) groups is 1. The van der Waals surface area contributed by atoms with Crippen molar-refractivity contribution in [3.8, 4) is 11.8 Å². The topological polar surface area (TPSA) is 50.1 Å². The second kappa shape index (κ2) is 6.03. The van der Waals surface area contributed by atoms with E-state index in [4.69, 9.17) is 4.74 Å². The minimum Gasteiger partial charge on any atom is -0.496 e. The number of carbonyl (C=O) groups excluding carboxylic acids is 1. The van der Waals surface area contributed by atoms with Crippen molar-refractivity contribution in [3.63, 3.8) is 0 Å². The molecule has 0 bridgehead atoms. The van der Waals surface area contributed by atoms with E-state index in [-0.39, 0.29) is 11.4 Å². The molecular formula is C19H19NO2. The molecule has 2 aromatic rings. The highest BCUT2D eigenvalue weighted by Gasteiger charge is 2.25. The summed E-state index contributed by atoms with van der Waals surface area (Å²) in [4.78, 5) is 12.4. The van der Waals surface area contributed by atoms with E-state index in [9.17, 15) is 10.1 Å². The van der Waals surface area contributed by atoms with Crippen molar-refractivity contribution in [1.82, 2.24) is 0 Å². The lowest BCUT2D eigenvalue weighted by molar-refractivity contribution is -0.121. The van der Waals surface area contributed by atoms with Crippen LogP contribution in [0.2, 0.25) is 0 Å². The maximum atomic E-state index is 12.4. The molecule has 0 radical (unpaired) electrons. The Labute approximate surface area is 130 Å². The van der Waals surface area contributed by atoms with Crippen LogP contribution >= 0.6 is 0 Å². The van der Waals surface area contributed by atoms with Gasteiger partial charge in [-0.3, -0.25) is 4.79 Å². The Kier molecular flexibility index (Phi) is 4.32. The maximum absolute atomic E-state index is 12.4. The monoisotopic (exact) mass is 293 g/mol. The van der Waals surface area contributed by atoms with E-state index in [2.05, 4.69) is 0 Å². The number of nitriles is 1. The number of hydrogen-bond donors (Lipinski definition) is 0. The number of allylic oxidation sites excluding steroid dienone is 1. The van der Waals surface area contributed by atoms with Gasteiger partial charge < -0.3 is 4.74 Å². The van der Waals surface area contributed by atoms with Crippen molar-refractivity contribution < 1.29 is 9.53 Å². The molecule has 3 heteroatoms. The zero-order valence-corrected chi connectivity index (χ0v) is 13.3. The predicted molar refractivity (Wildman–Crippen MR) is 88.6 cm³/mol. The van der Waals surface area contributed by atoms with Crippen LogP contribution in [0.15, 0.2) is 42.0 Å². The highest BCUT2D eigenvalue weighted by atomic mass is 16.5. The molecule has 0 saturated carbocycles. The Morgan fingerprint density at radius 3 is 2.45 bits per heavy atom. The quantitative estimate of drug-likeness (QED) is 0.623. The van der Waals surface area contributed by atoms with Crippen molar-refractivity contribution in [3.05, 3.63) is 47.5 Å². The number of methoxy groups -OCH3 is 1. The third-order valence-electron chi connectivity index (χ3n) is 3.49. The molecule has 0 atom stereocenters. The van der Waals surface area contributed by atoms with E-state index < -0.39 is 5.41 Å². The number of nitrogens with zero attached hydrogens (tertiary/aromatic N) is 1. The second-order valence-electron chi connectivity index (χ2n) is 6.15. The summed E-state index contributed by atoms with van der Waals surface area (Å²) in [6.45, 7) is 5.42. The molecule has 0 unspecified atom stereocenters. The van der Waals surface area contributed by atoms with Gasteiger partial charge in [-0.15, -0.1) is 0 Å². The normalized spacial score (nSPS) is 12.0. The molecule has 2 aromatic carbocycles. The lowest BCUT2D eigenvalue weighted by Gasteiger charge is -2.16. The van der Waals surface area contributed by atoms with E-state index >= 15 is 0 Å². The van der Waals surface area contributed by atoms with E-state index in [1.807, 2.05) is 42.5 Å². The van der Waals surface area contributed by atoms with Gasteiger partial charge in [0.1, 0.15) is 11.8 Å². The smallest absolute Gasteiger partial charge is 0.178 e. The molecule has 0 aliphatic heterocycles. The number of benzene rings is 2. The van der Waals surface area contributed by atoms with Gasteiger partial charge in [0.25, 0.3) is 0 Å². The van der Waals surface area contributed by atoms with E-state index in [1.54, 1.807) is 34.0 Å². The van der Waals surface area contributed by atoms with Crippen molar-refractivity contribution >= 4 is 22.6 Å². The van der Waals surface area contributed by atoms with Crippen LogP contribution in [0.4, 0.5) is 0 Å². The zero-order valence-electron chi connectivity index (χ0n) is 13.3. The Bertz CT molecular complexity index is 789. The van der Waals surface area contributed by atoms with Gasteiger partial charge in [0, 0.05) is 11.0 Å². The largest absolute Gasteiger partial charge is 0.496 e. The molecule has 0 spiro atoms. The van der Waals surface area contributed by atoms with Crippen molar-refractivity contribution in [2.75, 3.05) is 7.11 Å². The fourth-order valence-electron chi connectivity index (χ4n) is 2.30. The Morgan fingerprint density at radius 2 is 1.86 bits per heavy atom. The molecule has 0 N–H and O–H groups in total. The lowest BCUT2D eigenvalue weighted by Crippen LogP contribution is -2.21. The van der Waals surface area contributed by atoms with Crippen LogP contribution < -0.4 is 4.74 Å². The van der Waals surface area contributed by atoms with Crippen LogP contribution in [0, 0.1) is 16.7 Å². The molecule has 0 aliphatic carbocycles. The fraction of sp³-hybridized carbons (Fsp3) is 0.263. The summed E-state index contributed by atoms with van der Waals surface area (Å²) in [5, 5.41) is 11.4. The van der Waals surface area contributed by atoms with Gasteiger partial charge in [0.05, 0.1) is 12.7 Å². The van der Waals surface area contributed by atoms with Gasteiger partial charge in [-0.2, -0.15) is 5.26 Å². The first-order chi connectivity index (χ1) is 10.4. The SMILES string of the molecule is COc1ccc2ccccc2c1/C=C(\C#N)C(=O)C(C)(C)C. The van der Waals surface area contributed by atoms with E-state index in [0.717, 1.165) is 16.3 Å². The summed E-state index contributed by atoms with van der Waals surface area (Å²) >= 11 is 0. The number of rotatable bonds is 3. The standard InChI is InChI=1S/C19H19NO2/c1-19(2,3)18(21)14(12-20)11-16-15-8-6-5-7-13(15)9-10-17(16)22-4/h5-11H,1-4H3/b14-11+. The van der Waals surface area contributed by atoms with Crippen molar-refractivity contribution in [1.29, 1.82) is 5.26 Å². The predicted octanol–water partition coefficient (Wildman–Crippen LogP) is 4.37. The molecule has 0 amide bonds. The second-order valence-corrected chi connectivity index (χ2v) is 6.15. The highest BCUT2D eigenvalue weighted by Crippen LogP contribution is 2.31. The number of hydrogen-bond acceptors (Lipinski definition) is 3. The highest BCUT2D eigenvalue weighted by molar-refractivity contribution is 6.08. The minimum atomic E-state index is -0.598. The molecule has 112 valence electrons. The van der Waals surface area contributed by atoms with Crippen molar-refractivity contribution in [2.45, 2.75) is 20.8 Å². The molecule has 0 aromatic heterocycles. The average molecular weight is 293 g/mol. The summed E-state index contributed by atoms with van der Waals surface area (Å²) in [6, 6.07) is 13.7. The number of ether oxygens (including phenoxy) is 1. The first kappa shape index (κ1) is 15.8. The first-order valence-corrected chi connectivity index (χ1v) is 7.11. The van der Waals surface area contributed by atoms with Crippen LogP contribution in [0.3, 0.4) is 0 Å². The molecule has 22 heavy (non-hydrogen) atoms. The minimum absolute atomic E-state index is 0.141. The van der Waals surface area contributed by atoms with Crippen LogP contribution in [-0.4, -0.2) is 12.9 Å². The third-order valence-corrected chi connectivity index (χ3v) is 3.49. The summed E-state index contributed by atoms with van der Waals surface area (Å²) in [6.07, 6.45) is 1.63. The van der Waals surface area contributed by atoms with Crippen LogP contribution in [0.1, 0.15) is 26.3 Å². The molecular weight excluding hydrogens is 274 g/mol. The Balaban J connectivity index is 2.70. The number of Topliss-reactive ketones (excluding diaryl/α,β-unsaturated/α-hetero) is 1. The summed E-state index contributed by atoms with van der Waals surface area (Å²) in [7, 11) is 1.58. The van der Waals surface area contributed by atoms with Crippen LogP contribution in [0.25, 0.3) is 16.8 Å². The van der Waals surface area contributed by atoms with Gasteiger partial charge in [-0.05, 0) is 22.9 Å². The van der Waals surface area contributed by atoms with Gasteiger partial charge in [-0.25, -0.2) is 0 Å². The van der Waals surface area contributed by atoms with Gasteiger partial charge in [0.2, 0.25) is 0 Å². The maximum Gasteiger partial charge on any atom is 0.178 e. The molecule has 0 aliphatic rings. The molecule has 0 fully saturated rings. The van der Waals surface area contributed by atoms with Gasteiger partial charge in [0.15, 0.2) is 5.78 Å². The fourth-order valence-corrected chi connectivity index (χ4v) is 2.30. The average Bonchev–Trinajstić information content (AvgIpc) is 2.50. The first-order valence-electron chi connectivity index (χ1n) is 7.11. The molecule has 0 saturated heterocycles. The van der Waals surface area contributed by atoms with E-state index in [1.165, 1.54) is 0 Å². The van der Waals surface area contributed by atoms with Crippen LogP contribution in [-0.2, 0) is 4.79 Å². The zero-order chi connectivity index (χ0) is 16.3. The van der Waals surface area contributed by atoms with Gasteiger partial charge in [-0.1, -0.05) is 51.1 Å². The number of fused-ring (bicyclic) bond motifs is 1. The summed E-state index contributed by atoms with van der Waals surface area (Å²) in [5.74, 6) is 0.471. The molecule has 3 nitrogen and oxygen atoms in total. The summed E-state index contributed by atoms with van der Waals surface area (Å²) < 4.78 is 5.40. The lowest BCUT2D eigenvalue weighted by atomic mass is 9.85. The van der Waals surface area contributed by atoms with Crippen molar-refractivity contribution in [2.24, 2.45) is 5.41 Å². The number of ketones is 1. The van der Waals surface area contributed by atoms with Crippen LogP contribution in [0.5, 0.6) is 5.75 Å². The molecule has 0 heterocycles. The summed E-state index contributed by atoms with van der Waals surface area (Å²) in [5.41, 5.74) is 0.302. The Hall–Kier alpha value is -2.60. The Morgan fingerprint density at radius 1 is 1.18 bits per heavy atom. The van der Waals surface area contributed by atoms with E-state index in [0.29, 0.717) is 5.75 Å². The molecule has 2 rings (SSSR count). The van der Waals surface area contributed by atoms with Gasteiger partial charge >= 0.3 is 0 Å². The third kappa shape index (κ3) is 3.01.